The molecule has 1 heteroatoms. The highest BCUT2D eigenvalue weighted by Gasteiger charge is 1.95. The van der Waals surface area contributed by atoms with Crippen LogP contribution in [0, 0.1) is 6.92 Å². The molecule has 1 atom stereocenters. The smallest absolute Gasteiger partial charge is 0.0761 e. The van der Waals surface area contributed by atoms with Gasteiger partial charge in [-0.25, -0.2) is 0 Å². The third-order valence-corrected chi connectivity index (χ3v) is 2.22. The minimum absolute atomic E-state index is 0.341. The molecule has 0 saturated carbocycles. The molecule has 0 aliphatic rings. The molecule has 1 nitrogen and oxygen atoms in total. The van der Waals surface area contributed by atoms with Crippen molar-refractivity contribution in [2.75, 3.05) is 0 Å². The number of aliphatic hydroxyl groups is 1. The molecule has 0 bridgehead atoms. The van der Waals surface area contributed by atoms with E-state index in [1.54, 1.807) is 6.92 Å². The van der Waals surface area contributed by atoms with E-state index in [0.717, 1.165) is 5.56 Å². The van der Waals surface area contributed by atoms with Gasteiger partial charge in [0, 0.05) is 0 Å². The van der Waals surface area contributed by atoms with E-state index in [9.17, 15) is 0 Å². The summed E-state index contributed by atoms with van der Waals surface area (Å²) in [5, 5.41) is 9.02. The molecule has 2 aromatic carbocycles. The van der Waals surface area contributed by atoms with Crippen molar-refractivity contribution in [1.29, 1.82) is 0 Å². The first kappa shape index (κ1) is 12.5. The van der Waals surface area contributed by atoms with Gasteiger partial charge >= 0.3 is 0 Å². The SMILES string of the molecule is CC(O)c1ccccc1.Cc1ccccc1. The molecule has 0 spiro atoms. The second kappa shape index (κ2) is 6.81. The Hall–Kier alpha value is -1.60. The fourth-order valence-corrected chi connectivity index (χ4v) is 1.27. The zero-order valence-corrected chi connectivity index (χ0v) is 9.80. The second-order valence-corrected chi connectivity index (χ2v) is 3.74. The van der Waals surface area contributed by atoms with Crippen LogP contribution in [0.25, 0.3) is 0 Å². The van der Waals surface area contributed by atoms with Gasteiger partial charge in [-0.05, 0) is 19.4 Å². The average Bonchev–Trinajstić information content (AvgIpc) is 2.32. The number of aryl methyl sites for hydroxylation is 1. The maximum atomic E-state index is 9.02. The molecule has 0 aromatic heterocycles. The molecule has 2 rings (SSSR count). The standard InChI is InChI=1S/C8H10O.C7H8/c1-7(9)8-5-3-2-4-6-8;1-7-5-3-2-4-6-7/h2-7,9H,1H3;2-6H,1H3. The van der Waals surface area contributed by atoms with E-state index in [2.05, 4.69) is 19.1 Å². The topological polar surface area (TPSA) is 20.2 Å². The first-order valence-electron chi connectivity index (χ1n) is 5.45. The van der Waals surface area contributed by atoms with Crippen molar-refractivity contribution in [1.82, 2.24) is 0 Å². The molecule has 0 aliphatic carbocycles. The Bertz CT molecular complexity index is 379. The first-order valence-corrected chi connectivity index (χ1v) is 5.45. The summed E-state index contributed by atoms with van der Waals surface area (Å²) < 4.78 is 0. The molecule has 1 unspecified atom stereocenters. The van der Waals surface area contributed by atoms with Crippen LogP contribution in [0.2, 0.25) is 0 Å². The Morgan fingerprint density at radius 1 is 0.812 bits per heavy atom. The van der Waals surface area contributed by atoms with E-state index in [-0.39, 0.29) is 6.10 Å². The largest absolute Gasteiger partial charge is 0.389 e. The molecule has 0 radical (unpaired) electrons. The van der Waals surface area contributed by atoms with Crippen molar-refractivity contribution >= 4 is 0 Å². The lowest BCUT2D eigenvalue weighted by Crippen LogP contribution is -1.87. The molecule has 1 N–H and O–H groups in total. The van der Waals surface area contributed by atoms with Crippen LogP contribution in [-0.2, 0) is 0 Å². The predicted molar refractivity (Wildman–Crippen MR) is 68.3 cm³/mol. The van der Waals surface area contributed by atoms with Gasteiger partial charge in [0.1, 0.15) is 0 Å². The van der Waals surface area contributed by atoms with E-state index in [1.165, 1.54) is 5.56 Å². The van der Waals surface area contributed by atoms with Gasteiger partial charge < -0.3 is 5.11 Å². The fraction of sp³-hybridized carbons (Fsp3) is 0.200. The zero-order valence-electron chi connectivity index (χ0n) is 9.80. The normalized spacial score (nSPS) is 11.2. The van der Waals surface area contributed by atoms with Gasteiger partial charge in [-0.1, -0.05) is 66.2 Å². The third-order valence-electron chi connectivity index (χ3n) is 2.22. The van der Waals surface area contributed by atoms with Gasteiger partial charge in [-0.3, -0.25) is 0 Å². The summed E-state index contributed by atoms with van der Waals surface area (Å²) >= 11 is 0. The fourth-order valence-electron chi connectivity index (χ4n) is 1.27. The lowest BCUT2D eigenvalue weighted by Gasteiger charge is -2.00. The molecule has 84 valence electrons. The van der Waals surface area contributed by atoms with Gasteiger partial charge in [-0.2, -0.15) is 0 Å². The average molecular weight is 214 g/mol. The lowest BCUT2D eigenvalue weighted by atomic mass is 10.1. The van der Waals surface area contributed by atoms with Crippen LogP contribution in [0.5, 0.6) is 0 Å². The van der Waals surface area contributed by atoms with Crippen LogP contribution in [0.4, 0.5) is 0 Å². The van der Waals surface area contributed by atoms with Crippen LogP contribution in [0.15, 0.2) is 60.7 Å². The molecule has 16 heavy (non-hydrogen) atoms. The van der Waals surface area contributed by atoms with E-state index in [1.807, 2.05) is 48.5 Å². The Morgan fingerprint density at radius 3 is 1.50 bits per heavy atom. The summed E-state index contributed by atoms with van der Waals surface area (Å²) in [6.45, 7) is 3.84. The molecular formula is C15H18O. The Labute approximate surface area is 97.4 Å². The van der Waals surface area contributed by atoms with E-state index in [4.69, 9.17) is 5.11 Å². The monoisotopic (exact) mass is 214 g/mol. The molecule has 0 saturated heterocycles. The molecule has 0 fully saturated rings. The highest BCUT2D eigenvalue weighted by Crippen LogP contribution is 2.09. The van der Waals surface area contributed by atoms with Crippen molar-refractivity contribution in [3.8, 4) is 0 Å². The van der Waals surface area contributed by atoms with Crippen molar-refractivity contribution in [3.05, 3.63) is 71.8 Å². The van der Waals surface area contributed by atoms with E-state index in [0.29, 0.717) is 0 Å². The minimum Gasteiger partial charge on any atom is -0.389 e. The number of aliphatic hydroxyl groups excluding tert-OH is 1. The zero-order chi connectivity index (χ0) is 11.8. The quantitative estimate of drug-likeness (QED) is 0.766. The molecular weight excluding hydrogens is 196 g/mol. The van der Waals surface area contributed by atoms with Crippen LogP contribution < -0.4 is 0 Å². The number of rotatable bonds is 1. The molecule has 2 aromatic rings. The Balaban J connectivity index is 0.000000165. The van der Waals surface area contributed by atoms with Gasteiger partial charge in [0.2, 0.25) is 0 Å². The Kier molecular flexibility index (Phi) is 5.30. The highest BCUT2D eigenvalue weighted by molar-refractivity contribution is 5.16. The number of benzene rings is 2. The minimum atomic E-state index is -0.341. The molecule has 0 heterocycles. The summed E-state index contributed by atoms with van der Waals surface area (Å²) in [6.07, 6.45) is -0.341. The van der Waals surface area contributed by atoms with Gasteiger partial charge in [-0.15, -0.1) is 0 Å². The number of hydrogen-bond donors (Lipinski definition) is 1. The third kappa shape index (κ3) is 4.76. The van der Waals surface area contributed by atoms with Crippen LogP contribution in [0.1, 0.15) is 24.2 Å². The first-order chi connectivity index (χ1) is 7.70. The van der Waals surface area contributed by atoms with Gasteiger partial charge in [0.15, 0.2) is 0 Å². The summed E-state index contributed by atoms with van der Waals surface area (Å²) in [6, 6.07) is 19.9. The van der Waals surface area contributed by atoms with Crippen molar-refractivity contribution in [2.45, 2.75) is 20.0 Å². The summed E-state index contributed by atoms with van der Waals surface area (Å²) in [5.41, 5.74) is 2.29. The van der Waals surface area contributed by atoms with Crippen molar-refractivity contribution in [2.24, 2.45) is 0 Å². The van der Waals surface area contributed by atoms with Gasteiger partial charge in [0.05, 0.1) is 6.10 Å². The van der Waals surface area contributed by atoms with E-state index >= 15 is 0 Å². The summed E-state index contributed by atoms with van der Waals surface area (Å²) in [5.74, 6) is 0. The van der Waals surface area contributed by atoms with E-state index < -0.39 is 0 Å². The van der Waals surface area contributed by atoms with Crippen LogP contribution in [-0.4, -0.2) is 5.11 Å². The number of hydrogen-bond acceptors (Lipinski definition) is 1. The summed E-state index contributed by atoms with van der Waals surface area (Å²) in [7, 11) is 0. The highest BCUT2D eigenvalue weighted by atomic mass is 16.3. The van der Waals surface area contributed by atoms with Gasteiger partial charge in [0.25, 0.3) is 0 Å². The maximum Gasteiger partial charge on any atom is 0.0761 e. The van der Waals surface area contributed by atoms with Crippen molar-refractivity contribution < 1.29 is 5.11 Å². The summed E-state index contributed by atoms with van der Waals surface area (Å²) in [4.78, 5) is 0. The molecule has 0 aliphatic heterocycles. The van der Waals surface area contributed by atoms with Crippen LogP contribution >= 0.6 is 0 Å². The molecule has 0 amide bonds. The lowest BCUT2D eigenvalue weighted by molar-refractivity contribution is 0.199. The van der Waals surface area contributed by atoms with Crippen molar-refractivity contribution in [3.63, 3.8) is 0 Å². The second-order valence-electron chi connectivity index (χ2n) is 3.74. The maximum absolute atomic E-state index is 9.02. The van der Waals surface area contributed by atoms with Crippen LogP contribution in [0.3, 0.4) is 0 Å². The predicted octanol–water partition coefficient (Wildman–Crippen LogP) is 3.73. The Morgan fingerprint density at radius 2 is 1.25 bits per heavy atom.